The Morgan fingerprint density at radius 3 is 2.41 bits per heavy atom. The van der Waals surface area contributed by atoms with Crippen LogP contribution in [0.15, 0.2) is 16.6 Å². The first-order valence-electron chi connectivity index (χ1n) is 10.2. The van der Waals surface area contributed by atoms with E-state index in [2.05, 4.69) is 4.98 Å². The highest BCUT2D eigenvalue weighted by atomic mass is 32.3. The number of nitrogens with two attached hydrogens (primary N) is 1. The molecule has 7 nitrogen and oxygen atoms in total. The summed E-state index contributed by atoms with van der Waals surface area (Å²) in [6.07, 6.45) is 1.17. The van der Waals surface area contributed by atoms with Crippen LogP contribution < -0.4 is 5.14 Å². The predicted octanol–water partition coefficient (Wildman–Crippen LogP) is 3.49. The van der Waals surface area contributed by atoms with Gasteiger partial charge in [0.1, 0.15) is 11.9 Å². The molecule has 0 bridgehead atoms. The van der Waals surface area contributed by atoms with Crippen LogP contribution in [0.25, 0.3) is 0 Å². The summed E-state index contributed by atoms with van der Waals surface area (Å²) in [5.41, 5.74) is 0.239. The third-order valence-corrected chi connectivity index (χ3v) is 9.22. The number of benzene rings is 1. The minimum Gasteiger partial charge on any atom is -0.385 e. The lowest BCUT2D eigenvalue weighted by atomic mass is 9.84. The number of rotatable bonds is 7. The van der Waals surface area contributed by atoms with E-state index >= 15 is 4.39 Å². The summed E-state index contributed by atoms with van der Waals surface area (Å²) >= 11 is 0.983. The van der Waals surface area contributed by atoms with Crippen LogP contribution in [0.4, 0.5) is 4.39 Å². The van der Waals surface area contributed by atoms with Crippen molar-refractivity contribution in [3.05, 3.63) is 45.2 Å². The molecule has 1 aromatic carbocycles. The van der Waals surface area contributed by atoms with E-state index in [1.807, 2.05) is 19.9 Å². The van der Waals surface area contributed by atoms with E-state index in [9.17, 15) is 19.4 Å². The SMILES string of the molecule is CC(C)c1cc(C#N)c(F)c(C(C)C)c1CC(=O)N(C)[SH](N)(=O)c1ncc(C(C)(C)O)s1. The third-order valence-electron chi connectivity index (χ3n) is 5.27. The molecule has 0 radical (unpaired) electrons. The van der Waals surface area contributed by atoms with E-state index in [1.54, 1.807) is 27.7 Å². The molecule has 10 heteroatoms. The van der Waals surface area contributed by atoms with E-state index in [-0.39, 0.29) is 28.2 Å². The first-order chi connectivity index (χ1) is 14.6. The van der Waals surface area contributed by atoms with Gasteiger partial charge in [0.05, 0.1) is 32.8 Å². The van der Waals surface area contributed by atoms with Crippen LogP contribution in [0, 0.1) is 17.1 Å². The summed E-state index contributed by atoms with van der Waals surface area (Å²) in [6.45, 7) is 10.5. The largest absolute Gasteiger partial charge is 0.385 e. The fraction of sp³-hybridized carbons (Fsp3) is 0.500. The number of nitrogens with zero attached hydrogens (tertiary/aromatic N) is 3. The topological polar surface area (TPSA) is 120 Å². The van der Waals surface area contributed by atoms with Crippen molar-refractivity contribution in [1.29, 1.82) is 5.26 Å². The van der Waals surface area contributed by atoms with Crippen molar-refractivity contribution in [3.63, 3.8) is 0 Å². The van der Waals surface area contributed by atoms with Gasteiger partial charge >= 0.3 is 0 Å². The number of amides is 1. The highest BCUT2D eigenvalue weighted by Gasteiger charge is 2.31. The Balaban J connectivity index is 2.50. The zero-order chi connectivity index (χ0) is 24.6. The van der Waals surface area contributed by atoms with Gasteiger partial charge in [0.25, 0.3) is 0 Å². The molecule has 0 unspecified atom stereocenters. The van der Waals surface area contributed by atoms with Gasteiger partial charge in [0, 0.05) is 13.2 Å². The lowest BCUT2D eigenvalue weighted by Crippen LogP contribution is -2.45. The molecule has 32 heavy (non-hydrogen) atoms. The van der Waals surface area contributed by atoms with Gasteiger partial charge in [-0.2, -0.15) is 5.26 Å². The number of carbonyl (C=O) groups excluding carboxylic acids is 1. The van der Waals surface area contributed by atoms with Gasteiger partial charge in [-0.05, 0) is 48.4 Å². The Morgan fingerprint density at radius 1 is 1.38 bits per heavy atom. The van der Waals surface area contributed by atoms with Crippen molar-refractivity contribution in [2.24, 2.45) is 5.14 Å². The molecule has 0 atom stereocenters. The van der Waals surface area contributed by atoms with Gasteiger partial charge in [0.15, 0.2) is 4.34 Å². The molecular weight excluding hydrogens is 451 g/mol. The second kappa shape index (κ2) is 9.35. The second-order valence-electron chi connectivity index (χ2n) is 8.92. The summed E-state index contributed by atoms with van der Waals surface area (Å²) in [4.78, 5) is 17.7. The summed E-state index contributed by atoms with van der Waals surface area (Å²) in [6, 6.07) is 3.37. The standard InChI is InChI=1S/C22H31FN4O3S2/c1-12(2)15-8-14(10-24)20(23)19(13(3)4)16(15)9-18(28)27(7)32(25,30)21-26-11-17(31-21)22(5,6)29/h8,11-13,29,32H,9H2,1-7H3,(H2,25,30). The number of halogens is 1. The monoisotopic (exact) mass is 482 g/mol. The van der Waals surface area contributed by atoms with Crippen LogP contribution in [-0.2, 0) is 27.1 Å². The molecular formula is C22H31FN4O3S2. The number of nitriles is 1. The number of aliphatic hydroxyl groups is 1. The summed E-state index contributed by atoms with van der Waals surface area (Å²) in [7, 11) is -2.52. The maximum Gasteiger partial charge on any atom is 0.238 e. The normalized spacial score (nSPS) is 12.8. The van der Waals surface area contributed by atoms with Crippen LogP contribution >= 0.6 is 11.3 Å². The number of hydrogen-bond acceptors (Lipinski definition) is 6. The van der Waals surface area contributed by atoms with Crippen LogP contribution in [0.1, 0.15) is 80.5 Å². The highest BCUT2D eigenvalue weighted by Crippen LogP contribution is 2.34. The molecule has 0 saturated heterocycles. The Morgan fingerprint density at radius 2 is 1.97 bits per heavy atom. The maximum absolute atomic E-state index is 15.0. The molecule has 0 aliphatic carbocycles. The van der Waals surface area contributed by atoms with Crippen molar-refractivity contribution in [1.82, 2.24) is 9.29 Å². The van der Waals surface area contributed by atoms with Crippen molar-refractivity contribution in [2.45, 2.75) is 69.7 Å². The summed E-state index contributed by atoms with van der Waals surface area (Å²) < 4.78 is 29.4. The number of thiazole rings is 1. The number of likely N-dealkylation sites (N-methyl/N-ethyl adjacent to an activating group) is 1. The summed E-state index contributed by atoms with van der Waals surface area (Å²) in [5.74, 6) is -1.52. The minimum atomic E-state index is -3.85. The third kappa shape index (κ3) is 5.07. The number of carbonyl (C=O) groups is 1. The van der Waals surface area contributed by atoms with Gasteiger partial charge in [-0.1, -0.05) is 27.7 Å². The van der Waals surface area contributed by atoms with Gasteiger partial charge in [0.2, 0.25) is 5.91 Å². The molecule has 176 valence electrons. The Hall–Kier alpha value is -2.19. The van der Waals surface area contributed by atoms with Crippen molar-refractivity contribution in [2.75, 3.05) is 7.05 Å². The molecule has 0 saturated carbocycles. The van der Waals surface area contributed by atoms with Gasteiger partial charge < -0.3 is 5.11 Å². The fourth-order valence-corrected chi connectivity index (χ4v) is 6.12. The molecule has 0 aliphatic heterocycles. The lowest BCUT2D eigenvalue weighted by molar-refractivity contribution is -0.124. The zero-order valence-corrected chi connectivity index (χ0v) is 21.1. The fourth-order valence-electron chi connectivity index (χ4n) is 3.39. The van der Waals surface area contributed by atoms with Crippen molar-refractivity contribution >= 4 is 27.5 Å². The van der Waals surface area contributed by atoms with E-state index in [4.69, 9.17) is 5.14 Å². The number of hydrogen-bond donors (Lipinski definition) is 3. The Bertz CT molecular complexity index is 1110. The lowest BCUT2D eigenvalue weighted by Gasteiger charge is -2.29. The molecule has 0 spiro atoms. The Kier molecular flexibility index (Phi) is 7.62. The smallest absolute Gasteiger partial charge is 0.238 e. The maximum atomic E-state index is 15.0. The molecule has 0 aliphatic rings. The first kappa shape index (κ1) is 26.1. The van der Waals surface area contributed by atoms with Crippen molar-refractivity contribution in [3.8, 4) is 6.07 Å². The number of aromatic nitrogens is 1. The predicted molar refractivity (Wildman–Crippen MR) is 125 cm³/mol. The molecule has 2 aromatic rings. The van der Waals surface area contributed by atoms with E-state index in [0.717, 1.165) is 15.6 Å². The quantitative estimate of drug-likeness (QED) is 0.522. The van der Waals surface area contributed by atoms with Crippen LogP contribution in [0.5, 0.6) is 0 Å². The van der Waals surface area contributed by atoms with Gasteiger partial charge in [-0.3, -0.25) is 14.2 Å². The first-order valence-corrected chi connectivity index (χ1v) is 12.8. The molecule has 1 aromatic heterocycles. The van der Waals surface area contributed by atoms with Crippen LogP contribution in [0.3, 0.4) is 0 Å². The average molecular weight is 483 g/mol. The van der Waals surface area contributed by atoms with Crippen LogP contribution in [0.2, 0.25) is 0 Å². The Labute approximate surface area is 193 Å². The van der Waals surface area contributed by atoms with Crippen molar-refractivity contribution < 1.29 is 18.5 Å². The zero-order valence-electron chi connectivity index (χ0n) is 19.4. The summed E-state index contributed by atoms with van der Waals surface area (Å²) in [5, 5.41) is 25.6. The average Bonchev–Trinajstić information content (AvgIpc) is 3.18. The molecule has 1 heterocycles. The second-order valence-corrected chi connectivity index (χ2v) is 12.5. The molecule has 1 amide bonds. The molecule has 3 N–H and O–H groups in total. The minimum absolute atomic E-state index is 0.0460. The van der Waals surface area contributed by atoms with E-state index < -0.39 is 27.6 Å². The van der Waals surface area contributed by atoms with Gasteiger partial charge in [-0.15, -0.1) is 11.3 Å². The molecule has 2 rings (SSSR count). The van der Waals surface area contributed by atoms with Crippen LogP contribution in [-0.4, -0.2) is 31.6 Å². The highest BCUT2D eigenvalue weighted by molar-refractivity contribution is 8.00. The molecule has 0 fully saturated rings. The van der Waals surface area contributed by atoms with E-state index in [1.165, 1.54) is 19.3 Å². The number of thiol groups is 1. The van der Waals surface area contributed by atoms with Gasteiger partial charge in [-0.25, -0.2) is 13.6 Å². The van der Waals surface area contributed by atoms with E-state index in [0.29, 0.717) is 21.6 Å².